The van der Waals surface area contributed by atoms with Gasteiger partial charge in [-0.15, -0.1) is 11.3 Å². The zero-order valence-corrected chi connectivity index (χ0v) is 19.9. The van der Waals surface area contributed by atoms with E-state index in [1.54, 1.807) is 0 Å². The highest BCUT2D eigenvalue weighted by Crippen LogP contribution is 2.43. The molecule has 2 aromatic rings. The quantitative estimate of drug-likeness (QED) is 0.335. The Kier molecular flexibility index (Phi) is 7.81. The van der Waals surface area contributed by atoms with Crippen LogP contribution in [-0.2, 0) is 10.2 Å². The summed E-state index contributed by atoms with van der Waals surface area (Å²) < 4.78 is 10.8. The number of methoxy groups -OCH3 is 1. The molecule has 0 spiro atoms. The van der Waals surface area contributed by atoms with Gasteiger partial charge in [0, 0.05) is 10.3 Å². The molecule has 0 N–H and O–H groups in total. The van der Waals surface area contributed by atoms with Gasteiger partial charge in [-0.2, -0.15) is 4.91 Å². The van der Waals surface area contributed by atoms with E-state index >= 15 is 0 Å². The summed E-state index contributed by atoms with van der Waals surface area (Å²) in [6.07, 6.45) is 1.82. The van der Waals surface area contributed by atoms with E-state index in [0.29, 0.717) is 4.88 Å². The van der Waals surface area contributed by atoms with Crippen molar-refractivity contribution in [2.45, 2.75) is 65.8 Å². The van der Waals surface area contributed by atoms with Gasteiger partial charge in [0.2, 0.25) is 0 Å². The summed E-state index contributed by atoms with van der Waals surface area (Å²) in [6.45, 7) is 12.6. The summed E-state index contributed by atoms with van der Waals surface area (Å²) >= 11 is 1.49. The molecule has 2 rings (SSSR count). The molecule has 0 saturated heterocycles. The van der Waals surface area contributed by atoms with Crippen LogP contribution in [0.25, 0.3) is 0 Å². The number of rotatable bonds is 9. The van der Waals surface area contributed by atoms with Crippen molar-refractivity contribution in [3.8, 4) is 5.75 Å². The lowest BCUT2D eigenvalue weighted by atomic mass is 9.74. The molecule has 0 aliphatic carbocycles. The predicted molar refractivity (Wildman–Crippen MR) is 123 cm³/mol. The van der Waals surface area contributed by atoms with E-state index in [4.69, 9.17) is 9.47 Å². The molecule has 0 fully saturated rings. The molecular formula is C24H33NO4S. The van der Waals surface area contributed by atoms with Crippen molar-refractivity contribution < 1.29 is 14.3 Å². The van der Waals surface area contributed by atoms with Crippen LogP contribution in [0.2, 0.25) is 0 Å². The molecule has 1 atom stereocenters. The third-order valence-corrected chi connectivity index (χ3v) is 7.19. The number of aryl methyl sites for hydroxylation is 1. The van der Waals surface area contributed by atoms with Crippen molar-refractivity contribution in [1.82, 2.24) is 0 Å². The average Bonchev–Trinajstić information content (AvgIpc) is 3.20. The first-order valence-electron chi connectivity index (χ1n) is 10.4. The van der Waals surface area contributed by atoms with Crippen LogP contribution < -0.4 is 4.74 Å². The molecule has 30 heavy (non-hydrogen) atoms. The molecular weight excluding hydrogens is 398 g/mol. The van der Waals surface area contributed by atoms with Crippen molar-refractivity contribution >= 4 is 17.3 Å². The van der Waals surface area contributed by atoms with Crippen molar-refractivity contribution in [1.29, 1.82) is 0 Å². The zero-order chi connectivity index (χ0) is 22.5. The second kappa shape index (κ2) is 9.73. The summed E-state index contributed by atoms with van der Waals surface area (Å²) in [7, 11) is 1.40. The van der Waals surface area contributed by atoms with Crippen LogP contribution >= 0.6 is 11.3 Å². The number of benzene rings is 1. The molecule has 0 amide bonds. The van der Waals surface area contributed by atoms with Gasteiger partial charge in [-0.05, 0) is 54.5 Å². The molecule has 6 heteroatoms. The number of thiophene rings is 1. The van der Waals surface area contributed by atoms with Gasteiger partial charge in [-0.25, -0.2) is 4.79 Å². The highest BCUT2D eigenvalue weighted by Gasteiger charge is 2.33. The maximum Gasteiger partial charge on any atom is 0.348 e. The summed E-state index contributed by atoms with van der Waals surface area (Å²) in [4.78, 5) is 24.9. The van der Waals surface area contributed by atoms with Gasteiger partial charge >= 0.3 is 5.97 Å². The number of nitroso groups, excluding NO2 is 1. The minimum absolute atomic E-state index is 0.182. The van der Waals surface area contributed by atoms with E-state index in [1.807, 2.05) is 45.9 Å². The van der Waals surface area contributed by atoms with E-state index in [0.717, 1.165) is 29.0 Å². The van der Waals surface area contributed by atoms with Crippen LogP contribution in [0, 0.1) is 17.2 Å². The number of esters is 1. The van der Waals surface area contributed by atoms with Crippen LogP contribution in [0.15, 0.2) is 35.5 Å². The molecule has 0 aliphatic rings. The second-order valence-electron chi connectivity index (χ2n) is 8.72. The van der Waals surface area contributed by atoms with Crippen LogP contribution in [0.4, 0.5) is 0 Å². The van der Waals surface area contributed by atoms with Gasteiger partial charge < -0.3 is 9.47 Å². The summed E-state index contributed by atoms with van der Waals surface area (Å²) in [6, 6.07) is 9.69. The highest BCUT2D eigenvalue weighted by molar-refractivity contribution is 7.14. The third-order valence-electron chi connectivity index (χ3n) is 5.92. The lowest BCUT2D eigenvalue weighted by Crippen LogP contribution is -2.30. The number of ether oxygens (including phenoxy) is 2. The standard InChI is InChI=1S/C24H33NO4S/c1-8-24(9-2,21-13-12-19(30-21)22(26)28-7)17-10-11-18(16(3)14-17)29-15-20(25-27)23(4,5)6/h10-14,20H,8-9,15H2,1-7H3. The fraction of sp³-hybridized carbons (Fsp3) is 0.542. The minimum Gasteiger partial charge on any atom is -0.491 e. The molecule has 164 valence electrons. The molecule has 0 bridgehead atoms. The molecule has 0 aliphatic heterocycles. The van der Waals surface area contributed by atoms with Gasteiger partial charge in [0.15, 0.2) is 0 Å². The normalized spacial score (nSPS) is 13.0. The number of nitrogens with zero attached hydrogens (tertiary/aromatic N) is 1. The Labute approximate surface area is 183 Å². The van der Waals surface area contributed by atoms with E-state index in [2.05, 4.69) is 31.2 Å². The molecule has 1 aromatic carbocycles. The SMILES string of the molecule is CCC(CC)(c1ccc(OCC(N=O)C(C)(C)C)c(C)c1)c1ccc(C(=O)OC)s1. The lowest BCUT2D eigenvalue weighted by molar-refractivity contribution is 0.0606. The van der Waals surface area contributed by atoms with Crippen LogP contribution in [0.1, 0.15) is 73.1 Å². The maximum atomic E-state index is 11.9. The number of hydrogen-bond donors (Lipinski definition) is 0. The van der Waals surface area contributed by atoms with E-state index in [9.17, 15) is 9.70 Å². The van der Waals surface area contributed by atoms with Gasteiger partial charge in [0.1, 0.15) is 23.3 Å². The molecule has 1 aromatic heterocycles. The smallest absolute Gasteiger partial charge is 0.348 e. The Hall–Kier alpha value is -2.21. The minimum atomic E-state index is -0.412. The van der Waals surface area contributed by atoms with Gasteiger partial charge in [0.25, 0.3) is 0 Å². The predicted octanol–water partition coefficient (Wildman–Crippen LogP) is 6.51. The van der Waals surface area contributed by atoms with Gasteiger partial charge in [0.05, 0.1) is 7.11 Å². The van der Waals surface area contributed by atoms with Gasteiger partial charge in [-0.3, -0.25) is 0 Å². The topological polar surface area (TPSA) is 65.0 Å². The zero-order valence-electron chi connectivity index (χ0n) is 19.1. The molecule has 1 unspecified atom stereocenters. The van der Waals surface area contributed by atoms with Gasteiger partial charge in [-0.1, -0.05) is 51.9 Å². The first-order valence-corrected chi connectivity index (χ1v) is 11.2. The number of carbonyl (C=O) groups is 1. The van der Waals surface area contributed by atoms with Crippen molar-refractivity contribution in [3.63, 3.8) is 0 Å². The second-order valence-corrected chi connectivity index (χ2v) is 9.81. The third kappa shape index (κ3) is 4.91. The Morgan fingerprint density at radius 3 is 2.30 bits per heavy atom. The summed E-state index contributed by atoms with van der Waals surface area (Å²) in [5.41, 5.74) is 1.78. The van der Waals surface area contributed by atoms with Crippen LogP contribution in [-0.4, -0.2) is 25.7 Å². The fourth-order valence-corrected chi connectivity index (χ4v) is 4.95. The van der Waals surface area contributed by atoms with E-state index in [-0.39, 0.29) is 23.4 Å². The molecule has 5 nitrogen and oxygen atoms in total. The Morgan fingerprint density at radius 1 is 1.13 bits per heavy atom. The van der Waals surface area contributed by atoms with E-state index in [1.165, 1.54) is 24.0 Å². The first kappa shape index (κ1) is 24.1. The van der Waals surface area contributed by atoms with Crippen LogP contribution in [0.5, 0.6) is 5.75 Å². The largest absolute Gasteiger partial charge is 0.491 e. The number of hydrogen-bond acceptors (Lipinski definition) is 6. The Bertz CT molecular complexity index is 878. The number of carbonyl (C=O) groups excluding carboxylic acids is 1. The summed E-state index contributed by atoms with van der Waals surface area (Å²) in [5, 5.41) is 3.24. The molecule has 0 saturated carbocycles. The average molecular weight is 432 g/mol. The summed E-state index contributed by atoms with van der Waals surface area (Å²) in [5.74, 6) is 0.462. The van der Waals surface area contributed by atoms with Crippen LogP contribution in [0.3, 0.4) is 0 Å². The fourth-order valence-electron chi connectivity index (χ4n) is 3.67. The molecule has 0 radical (unpaired) electrons. The first-order chi connectivity index (χ1) is 14.1. The van der Waals surface area contributed by atoms with Crippen molar-refractivity contribution in [2.24, 2.45) is 10.6 Å². The molecule has 1 heterocycles. The Balaban J connectivity index is 2.34. The highest BCUT2D eigenvalue weighted by atomic mass is 32.1. The van der Waals surface area contributed by atoms with Crippen molar-refractivity contribution in [2.75, 3.05) is 13.7 Å². The monoisotopic (exact) mass is 431 g/mol. The maximum absolute atomic E-state index is 11.9. The van der Waals surface area contributed by atoms with E-state index < -0.39 is 6.04 Å². The Morgan fingerprint density at radius 2 is 1.80 bits per heavy atom. The lowest BCUT2D eigenvalue weighted by Gasteiger charge is -2.32. The van der Waals surface area contributed by atoms with Crippen molar-refractivity contribution in [3.05, 3.63) is 56.1 Å².